The van der Waals surface area contributed by atoms with Gasteiger partial charge in [-0.2, -0.15) is 11.6 Å². The molecule has 0 heterocycles. The molecular weight excluding hydrogens is 619 g/mol. The van der Waals surface area contributed by atoms with Crippen molar-refractivity contribution in [3.05, 3.63) is 113 Å². The summed E-state index contributed by atoms with van der Waals surface area (Å²) < 4.78 is 1.46. The van der Waals surface area contributed by atoms with Crippen molar-refractivity contribution in [3.8, 4) is 0 Å². The number of hydrogen-bond acceptors (Lipinski definition) is 0. The molecule has 0 radical (unpaired) electrons. The van der Waals surface area contributed by atoms with Crippen molar-refractivity contribution < 1.29 is 49.0 Å². The Morgan fingerprint density at radius 2 is 1.15 bits per heavy atom. The summed E-state index contributed by atoms with van der Waals surface area (Å²) in [5.74, 6) is 0. The van der Waals surface area contributed by atoms with Gasteiger partial charge in [0.25, 0.3) is 0 Å². The van der Waals surface area contributed by atoms with Crippen LogP contribution in [0.4, 0.5) is 0 Å². The zero-order valence-corrected chi connectivity index (χ0v) is 30.5. The Kier molecular flexibility index (Phi) is 13.8. The van der Waals surface area contributed by atoms with Crippen LogP contribution >= 0.6 is 0 Å². The van der Waals surface area contributed by atoms with Gasteiger partial charge in [-0.25, -0.2) is 6.08 Å². The van der Waals surface area contributed by atoms with E-state index < -0.39 is 0 Å². The van der Waals surface area contributed by atoms with Crippen LogP contribution < -0.4 is 24.8 Å². The van der Waals surface area contributed by atoms with Crippen LogP contribution in [0.1, 0.15) is 92.3 Å². The first-order chi connectivity index (χ1) is 18.1. The Hall–Kier alpha value is -1.66. The van der Waals surface area contributed by atoms with Crippen molar-refractivity contribution in [2.75, 3.05) is 0 Å². The minimum absolute atomic E-state index is 0. The van der Waals surface area contributed by atoms with Crippen LogP contribution in [0.5, 0.6) is 0 Å². The van der Waals surface area contributed by atoms with E-state index in [4.69, 9.17) is 0 Å². The maximum absolute atomic E-state index is 3.16. The first kappa shape index (κ1) is 37.4. The molecule has 41 heavy (non-hydrogen) atoms. The van der Waals surface area contributed by atoms with Gasteiger partial charge in [-0.1, -0.05) is 103 Å². The summed E-state index contributed by atoms with van der Waals surface area (Å²) in [6, 6.07) is 26.6. The maximum atomic E-state index is 3.16. The van der Waals surface area contributed by atoms with Gasteiger partial charge in [0.05, 0.1) is 0 Å². The van der Waals surface area contributed by atoms with Gasteiger partial charge >= 0.3 is 70.3 Å². The minimum atomic E-state index is 0. The van der Waals surface area contributed by atoms with Crippen molar-refractivity contribution in [3.63, 3.8) is 0 Å². The molecule has 4 aromatic rings. The van der Waals surface area contributed by atoms with Crippen LogP contribution in [0.15, 0.2) is 90.5 Å². The normalized spacial score (nSPS) is 12.8. The second-order valence-corrected chi connectivity index (χ2v) is 15.5. The van der Waals surface area contributed by atoms with E-state index in [9.17, 15) is 0 Å². The molecule has 0 saturated heterocycles. The zero-order chi connectivity index (χ0) is 29.0. The van der Waals surface area contributed by atoms with Crippen LogP contribution in [0, 0.1) is 11.5 Å². The molecule has 4 aromatic carbocycles. The summed E-state index contributed by atoms with van der Waals surface area (Å²) in [5, 5.41) is 5.49. The summed E-state index contributed by atoms with van der Waals surface area (Å²) in [4.78, 5) is 0. The number of allylic oxidation sites excluding steroid dienone is 4. The summed E-state index contributed by atoms with van der Waals surface area (Å²) in [6.45, 7) is 22.5. The average molecular weight is 665 g/mol. The first-order valence-electron chi connectivity index (χ1n) is 14.1. The molecule has 3 heteroatoms. The molecule has 0 aromatic heterocycles. The van der Waals surface area contributed by atoms with Crippen molar-refractivity contribution in [2.45, 2.75) is 86.5 Å². The maximum Gasteiger partial charge on any atom is -1.00 e. The second-order valence-electron chi connectivity index (χ2n) is 13.7. The predicted octanol–water partition coefficient (Wildman–Crippen LogP) is 4.81. The molecule has 0 unspecified atom stereocenters. The van der Waals surface area contributed by atoms with Crippen molar-refractivity contribution >= 4 is 24.8 Å². The molecule has 0 fully saturated rings. The summed E-state index contributed by atoms with van der Waals surface area (Å²) in [7, 11) is 0. The van der Waals surface area contributed by atoms with E-state index in [1.807, 2.05) is 6.07 Å². The Morgan fingerprint density at radius 3 is 1.44 bits per heavy atom. The standard InChI is InChI=1S/C21H25.C9H13.C8H8.2ClH.Zr/c1-20(2,3)16-9-7-14-11-15-8-10-17(21(4,5)6)13-19(15)18(14)12-16;1-9(2,3)8-6-4-5-7-8;1-2-8-6-4-3-5-7-8;;;/h7-13H,1-6H3;6-7H,4H2,1-3H3;3-7H,1H3;2*1H;/q2*-1;;;;+2/p-2. The van der Waals surface area contributed by atoms with E-state index in [0.29, 0.717) is 5.41 Å². The predicted molar refractivity (Wildman–Crippen MR) is 171 cm³/mol. The number of halogens is 2. The van der Waals surface area contributed by atoms with E-state index in [0.717, 1.165) is 6.42 Å². The molecule has 0 N–H and O–H groups in total. The summed E-state index contributed by atoms with van der Waals surface area (Å²) >= 11 is 1.51. The van der Waals surface area contributed by atoms with E-state index in [1.165, 1.54) is 71.2 Å². The van der Waals surface area contributed by atoms with Crippen LogP contribution in [-0.2, 0) is 35.1 Å². The number of rotatable bonds is 1. The van der Waals surface area contributed by atoms with E-state index in [1.54, 1.807) is 0 Å². The Labute approximate surface area is 277 Å². The van der Waals surface area contributed by atoms with Gasteiger partial charge in [-0.05, 0) is 10.8 Å². The third-order valence-electron chi connectivity index (χ3n) is 7.21. The fourth-order valence-corrected chi connectivity index (χ4v) is 4.95. The Balaban J connectivity index is 0.000000351. The molecule has 1 aliphatic rings. The van der Waals surface area contributed by atoms with Gasteiger partial charge in [-0.3, -0.25) is 6.08 Å². The van der Waals surface area contributed by atoms with E-state index >= 15 is 0 Å². The number of fused-ring (bicyclic) bond motifs is 3. The Bertz CT molecular complexity index is 1410. The van der Waals surface area contributed by atoms with Crippen LogP contribution in [0.2, 0.25) is 0 Å². The SMILES string of the molecule is CC(C)(C)C1=CC[C-]=C1.CC(C)(C)c1ccc2[cH-]c3ccc(C(C)(C)C)cc3c2c1.C[C](=[Zr+2])c1ccccc1.[Cl-].[Cl-]. The van der Waals surface area contributed by atoms with Crippen LogP contribution in [0.25, 0.3) is 21.5 Å². The topological polar surface area (TPSA) is 0 Å². The first-order valence-corrected chi connectivity index (χ1v) is 15.3. The molecule has 0 amide bonds. The molecule has 0 atom stereocenters. The minimum Gasteiger partial charge on any atom is -1.00 e. The molecule has 0 bridgehead atoms. The molecule has 218 valence electrons. The number of benzene rings is 3. The molecule has 1 aliphatic carbocycles. The third kappa shape index (κ3) is 10.5. The largest absolute Gasteiger partial charge is 1.00 e. The summed E-state index contributed by atoms with van der Waals surface area (Å²) in [5.41, 5.74) is 6.31. The summed E-state index contributed by atoms with van der Waals surface area (Å²) in [6.07, 6.45) is 8.50. The molecule has 0 spiro atoms. The van der Waals surface area contributed by atoms with Crippen molar-refractivity contribution in [1.82, 2.24) is 0 Å². The number of hydrogen-bond donors (Lipinski definition) is 0. The van der Waals surface area contributed by atoms with E-state index in [-0.39, 0.29) is 35.6 Å². The van der Waals surface area contributed by atoms with Crippen molar-refractivity contribution in [2.24, 2.45) is 5.41 Å². The van der Waals surface area contributed by atoms with Gasteiger partial charge in [0.1, 0.15) is 0 Å². The van der Waals surface area contributed by atoms with Crippen LogP contribution in [-0.4, -0.2) is 3.21 Å². The smallest absolute Gasteiger partial charge is 1.00 e. The van der Waals surface area contributed by atoms with Gasteiger partial charge in [0.2, 0.25) is 0 Å². The van der Waals surface area contributed by atoms with Gasteiger partial charge in [0, 0.05) is 0 Å². The van der Waals surface area contributed by atoms with Crippen LogP contribution in [0.3, 0.4) is 0 Å². The molecule has 5 rings (SSSR count). The van der Waals surface area contributed by atoms with E-state index in [2.05, 4.69) is 154 Å². The molecule has 0 nitrogen and oxygen atoms in total. The van der Waals surface area contributed by atoms with Gasteiger partial charge in [-0.15, -0.1) is 46.2 Å². The van der Waals surface area contributed by atoms with Gasteiger partial charge < -0.3 is 24.8 Å². The average Bonchev–Trinajstić information content (AvgIpc) is 3.52. The van der Waals surface area contributed by atoms with Crippen molar-refractivity contribution in [1.29, 1.82) is 0 Å². The monoisotopic (exact) mass is 662 g/mol. The third-order valence-corrected chi connectivity index (χ3v) is 7.92. The molecular formula is C38H46Cl2Zr-2. The zero-order valence-electron chi connectivity index (χ0n) is 26.5. The quantitative estimate of drug-likeness (QED) is 0.257. The molecule has 0 saturated carbocycles. The fraction of sp³-hybridized carbons (Fsp3) is 0.368. The van der Waals surface area contributed by atoms with Gasteiger partial charge in [0.15, 0.2) is 0 Å². The fourth-order valence-electron chi connectivity index (χ4n) is 4.54. The molecule has 0 aliphatic heterocycles. The Morgan fingerprint density at radius 1 is 0.683 bits per heavy atom. The second kappa shape index (κ2) is 15.2.